The fourth-order valence-electron chi connectivity index (χ4n) is 4.30. The molecule has 0 amide bonds. The summed E-state index contributed by atoms with van der Waals surface area (Å²) < 4.78 is 13.6. The first kappa shape index (κ1) is 17.1. The zero-order valence-corrected chi connectivity index (χ0v) is 15.3. The van der Waals surface area contributed by atoms with Gasteiger partial charge in [-0.05, 0) is 49.4 Å². The molecule has 1 unspecified atom stereocenters. The van der Waals surface area contributed by atoms with Gasteiger partial charge in [0, 0.05) is 36.1 Å². The lowest BCUT2D eigenvalue weighted by molar-refractivity contribution is 0.0881. The largest absolute Gasteiger partial charge is 0.378 e. The van der Waals surface area contributed by atoms with Crippen molar-refractivity contribution in [3.8, 4) is 0 Å². The van der Waals surface area contributed by atoms with E-state index in [2.05, 4.69) is 34.0 Å². The van der Waals surface area contributed by atoms with Gasteiger partial charge in [0.25, 0.3) is 0 Å². The minimum Gasteiger partial charge on any atom is -0.378 e. The zero-order chi connectivity index (χ0) is 18.3. The highest BCUT2D eigenvalue weighted by atomic mass is 35.5. The second-order valence-corrected chi connectivity index (χ2v) is 7.35. The van der Waals surface area contributed by atoms with Gasteiger partial charge in [-0.25, -0.2) is 4.39 Å². The Balaban J connectivity index is 1.74. The Bertz CT molecular complexity index is 844. The molecule has 26 heavy (non-hydrogen) atoms. The van der Waals surface area contributed by atoms with Crippen LogP contribution in [0.4, 0.5) is 10.1 Å². The third-order valence-corrected chi connectivity index (χ3v) is 6.03. The highest BCUT2D eigenvalue weighted by molar-refractivity contribution is 6.31. The third-order valence-electron chi connectivity index (χ3n) is 5.74. The van der Waals surface area contributed by atoms with Gasteiger partial charge in [-0.2, -0.15) is 0 Å². The van der Waals surface area contributed by atoms with Gasteiger partial charge in [0.2, 0.25) is 0 Å². The summed E-state index contributed by atoms with van der Waals surface area (Å²) in [5.41, 5.74) is 2.88. The number of halogens is 2. The van der Waals surface area contributed by atoms with Crippen LogP contribution in [0.2, 0.25) is 5.02 Å². The normalized spacial score (nSPS) is 21.6. The summed E-state index contributed by atoms with van der Waals surface area (Å²) in [6, 6.07) is 10.9. The number of piperidine rings is 1. The molecule has 2 saturated heterocycles. The number of likely N-dealkylation sites (tertiary alicyclic amines) is 1. The Kier molecular flexibility index (Phi) is 4.23. The molecule has 5 heteroatoms. The predicted octanol–water partition coefficient (Wildman–Crippen LogP) is 5.17. The fourth-order valence-corrected chi connectivity index (χ4v) is 4.47. The maximum absolute atomic E-state index is 13.6. The minimum atomic E-state index is -0.412. The maximum atomic E-state index is 13.6. The van der Waals surface area contributed by atoms with Crippen LogP contribution in [0.3, 0.4) is 0 Å². The molecule has 1 spiro atoms. The van der Waals surface area contributed by atoms with Crippen molar-refractivity contribution in [3.63, 3.8) is 0 Å². The monoisotopic (exact) mass is 369 g/mol. The van der Waals surface area contributed by atoms with E-state index in [0.29, 0.717) is 0 Å². The lowest BCUT2D eigenvalue weighted by Gasteiger charge is -2.62. The second-order valence-electron chi connectivity index (χ2n) is 6.95. The van der Waals surface area contributed by atoms with E-state index in [9.17, 15) is 4.39 Å². The van der Waals surface area contributed by atoms with Crippen molar-refractivity contribution in [2.75, 3.05) is 18.0 Å². The van der Waals surface area contributed by atoms with Gasteiger partial charge in [0.15, 0.2) is 0 Å². The lowest BCUT2D eigenvalue weighted by Crippen LogP contribution is -2.60. The molecule has 134 valence electrons. The van der Waals surface area contributed by atoms with Crippen molar-refractivity contribution in [1.82, 2.24) is 9.88 Å². The van der Waals surface area contributed by atoms with E-state index in [0.717, 1.165) is 43.0 Å². The molecule has 3 heterocycles. The molecule has 0 bridgehead atoms. The highest BCUT2D eigenvalue weighted by Crippen LogP contribution is 2.62. The Labute approximate surface area is 158 Å². The molecule has 1 aromatic heterocycles. The molecule has 3 nitrogen and oxygen atoms in total. The van der Waals surface area contributed by atoms with E-state index in [-0.39, 0.29) is 16.5 Å². The van der Waals surface area contributed by atoms with Crippen LogP contribution >= 0.6 is 11.6 Å². The summed E-state index contributed by atoms with van der Waals surface area (Å²) >= 11 is 6.03. The van der Waals surface area contributed by atoms with Gasteiger partial charge in [0.05, 0.1) is 16.8 Å². The van der Waals surface area contributed by atoms with E-state index in [1.807, 2.05) is 24.5 Å². The number of rotatable bonds is 3. The van der Waals surface area contributed by atoms with Crippen LogP contribution in [0.5, 0.6) is 0 Å². The minimum absolute atomic E-state index is 0.0330. The fraction of sp³-hybridized carbons (Fsp3) is 0.286. The van der Waals surface area contributed by atoms with E-state index in [4.69, 9.17) is 11.6 Å². The summed E-state index contributed by atoms with van der Waals surface area (Å²) in [5.74, 6) is -0.412. The highest BCUT2D eigenvalue weighted by Gasteiger charge is 2.58. The number of pyridine rings is 1. The first-order valence-corrected chi connectivity index (χ1v) is 9.16. The lowest BCUT2D eigenvalue weighted by atomic mass is 9.61. The number of anilines is 1. The molecule has 0 saturated carbocycles. The molecule has 2 aliphatic rings. The topological polar surface area (TPSA) is 19.4 Å². The van der Waals surface area contributed by atoms with Crippen molar-refractivity contribution >= 4 is 17.3 Å². The summed E-state index contributed by atoms with van der Waals surface area (Å²) in [7, 11) is 0. The van der Waals surface area contributed by atoms with Gasteiger partial charge in [0.1, 0.15) is 5.82 Å². The Morgan fingerprint density at radius 3 is 2.62 bits per heavy atom. The summed E-state index contributed by atoms with van der Waals surface area (Å²) in [4.78, 5) is 9.01. The van der Waals surface area contributed by atoms with E-state index < -0.39 is 5.82 Å². The first-order chi connectivity index (χ1) is 12.6. The molecule has 4 rings (SSSR count). The van der Waals surface area contributed by atoms with Crippen molar-refractivity contribution in [3.05, 3.63) is 84.2 Å². The summed E-state index contributed by atoms with van der Waals surface area (Å²) in [6.07, 6.45) is 5.70. The molecule has 1 aromatic carbocycles. The number of hydrogen-bond donors (Lipinski definition) is 0. The zero-order valence-electron chi connectivity index (χ0n) is 14.5. The summed E-state index contributed by atoms with van der Waals surface area (Å²) in [5, 5.41) is 0.123. The Morgan fingerprint density at radius 2 is 2.00 bits per heavy atom. The Hall–Kier alpha value is -2.33. The number of nitrogens with zero attached hydrogens (tertiary/aromatic N) is 3. The standard InChI is InChI=1S/C21H21ClFN3/c1-3-25-12-9-21(10-13-25)15(2)26(16-7-8-18(23)17(22)14-16)20(21)19-6-4-5-11-24-19/h3-8,11,14,20H,1-2,9-10,12-13H2. The van der Waals surface area contributed by atoms with E-state index in [1.165, 1.54) is 6.07 Å². The molecular formula is C21H21ClFN3. The van der Waals surface area contributed by atoms with Gasteiger partial charge >= 0.3 is 0 Å². The SMILES string of the molecule is C=CN1CCC2(CC1)C(=C)N(c1ccc(F)c(Cl)c1)C2c1ccccn1. The molecule has 2 aromatic rings. The molecule has 0 aliphatic carbocycles. The van der Waals surface area contributed by atoms with Crippen LogP contribution in [0.1, 0.15) is 24.6 Å². The third kappa shape index (κ3) is 2.52. The van der Waals surface area contributed by atoms with Crippen LogP contribution in [0, 0.1) is 11.2 Å². The molecule has 2 aliphatic heterocycles. The molecule has 2 fully saturated rings. The van der Waals surface area contributed by atoms with Crippen LogP contribution in [-0.4, -0.2) is 23.0 Å². The number of benzene rings is 1. The summed E-state index contributed by atoms with van der Waals surface area (Å²) in [6.45, 7) is 10.2. The number of hydrogen-bond acceptors (Lipinski definition) is 3. The molecular weight excluding hydrogens is 349 g/mol. The average molecular weight is 370 g/mol. The van der Waals surface area contributed by atoms with Gasteiger partial charge in [-0.1, -0.05) is 30.8 Å². The quantitative estimate of drug-likeness (QED) is 0.743. The average Bonchev–Trinajstić information content (AvgIpc) is 2.68. The van der Waals surface area contributed by atoms with Crippen LogP contribution in [-0.2, 0) is 0 Å². The van der Waals surface area contributed by atoms with Crippen molar-refractivity contribution in [2.24, 2.45) is 5.41 Å². The van der Waals surface area contributed by atoms with Crippen molar-refractivity contribution < 1.29 is 4.39 Å². The maximum Gasteiger partial charge on any atom is 0.141 e. The van der Waals surface area contributed by atoms with E-state index >= 15 is 0 Å². The van der Waals surface area contributed by atoms with Gasteiger partial charge in [-0.15, -0.1) is 0 Å². The molecule has 0 radical (unpaired) electrons. The smallest absolute Gasteiger partial charge is 0.141 e. The molecule has 0 N–H and O–H groups in total. The second kappa shape index (κ2) is 6.44. The van der Waals surface area contributed by atoms with Crippen molar-refractivity contribution in [2.45, 2.75) is 18.9 Å². The first-order valence-electron chi connectivity index (χ1n) is 8.78. The van der Waals surface area contributed by atoms with Gasteiger partial charge < -0.3 is 9.80 Å². The van der Waals surface area contributed by atoms with E-state index in [1.54, 1.807) is 12.1 Å². The van der Waals surface area contributed by atoms with Gasteiger partial charge in [-0.3, -0.25) is 4.98 Å². The van der Waals surface area contributed by atoms with Crippen LogP contribution in [0.25, 0.3) is 0 Å². The van der Waals surface area contributed by atoms with Crippen LogP contribution < -0.4 is 4.90 Å². The molecule has 1 atom stereocenters. The predicted molar refractivity (Wildman–Crippen MR) is 103 cm³/mol. The number of aromatic nitrogens is 1. The van der Waals surface area contributed by atoms with Crippen molar-refractivity contribution in [1.29, 1.82) is 0 Å². The Morgan fingerprint density at radius 1 is 1.23 bits per heavy atom. The van der Waals surface area contributed by atoms with Crippen LogP contribution in [0.15, 0.2) is 67.6 Å².